The van der Waals surface area contributed by atoms with Crippen molar-refractivity contribution in [1.82, 2.24) is 14.9 Å². The molecule has 0 amide bonds. The van der Waals surface area contributed by atoms with Gasteiger partial charge in [-0.1, -0.05) is 37.3 Å². The summed E-state index contributed by atoms with van der Waals surface area (Å²) in [5.74, 6) is 2.08. The van der Waals surface area contributed by atoms with Gasteiger partial charge < -0.3 is 4.42 Å². The fourth-order valence-electron chi connectivity index (χ4n) is 3.33. The molecule has 8 nitrogen and oxygen atoms in total. The van der Waals surface area contributed by atoms with Gasteiger partial charge in [0.1, 0.15) is 17.2 Å². The van der Waals surface area contributed by atoms with Crippen molar-refractivity contribution in [3.05, 3.63) is 98.9 Å². The van der Waals surface area contributed by atoms with Crippen LogP contribution < -0.4 is 0 Å². The summed E-state index contributed by atoms with van der Waals surface area (Å²) in [4.78, 5) is 11.4. The molecule has 0 radical (unpaired) electrons. The van der Waals surface area contributed by atoms with Gasteiger partial charge in [-0.05, 0) is 42.1 Å². The number of aryl methyl sites for hydroxylation is 1. The van der Waals surface area contributed by atoms with E-state index in [1.165, 1.54) is 23.9 Å². The lowest BCUT2D eigenvalue weighted by Crippen LogP contribution is -2.13. The molecule has 32 heavy (non-hydrogen) atoms. The molecule has 0 saturated carbocycles. The van der Waals surface area contributed by atoms with Gasteiger partial charge in [0.2, 0.25) is 5.16 Å². The van der Waals surface area contributed by atoms with Crippen molar-refractivity contribution >= 4 is 29.2 Å². The summed E-state index contributed by atoms with van der Waals surface area (Å²) in [6.07, 6.45) is 2.66. The molecule has 0 N–H and O–H groups in total. The topological polar surface area (TPSA) is 99.3 Å². The van der Waals surface area contributed by atoms with Crippen molar-refractivity contribution in [1.29, 1.82) is 0 Å². The van der Waals surface area contributed by atoms with Gasteiger partial charge in [0.15, 0.2) is 5.82 Å². The third-order valence-electron chi connectivity index (χ3n) is 4.94. The SMILES string of the molecule is CCc1nnc2n1N=C(c1ccccc1)/C(=C/c1ccc(-c3ccc([N+](=O)[O-])cc3)o1)S2. The van der Waals surface area contributed by atoms with Crippen LogP contribution in [0.5, 0.6) is 0 Å². The summed E-state index contributed by atoms with van der Waals surface area (Å²) >= 11 is 1.49. The highest BCUT2D eigenvalue weighted by Gasteiger charge is 2.24. The zero-order chi connectivity index (χ0) is 22.1. The molecular weight excluding hydrogens is 426 g/mol. The number of non-ortho nitro benzene ring substituents is 1. The van der Waals surface area contributed by atoms with Crippen molar-refractivity contribution in [3.63, 3.8) is 0 Å². The van der Waals surface area contributed by atoms with Crippen LogP contribution in [-0.2, 0) is 6.42 Å². The van der Waals surface area contributed by atoms with Crippen molar-refractivity contribution in [2.45, 2.75) is 18.5 Å². The number of aromatic nitrogens is 3. The molecule has 2 aromatic heterocycles. The molecule has 0 bridgehead atoms. The first-order chi connectivity index (χ1) is 15.6. The Hall–Kier alpha value is -3.98. The molecule has 5 rings (SSSR count). The fourth-order valence-corrected chi connectivity index (χ4v) is 4.27. The second kappa shape index (κ2) is 8.27. The summed E-state index contributed by atoms with van der Waals surface area (Å²) in [6, 6.07) is 19.9. The number of thioether (sulfide) groups is 1. The quantitative estimate of drug-likeness (QED) is 0.302. The van der Waals surface area contributed by atoms with Crippen molar-refractivity contribution in [3.8, 4) is 11.3 Å². The smallest absolute Gasteiger partial charge is 0.269 e. The predicted octanol–water partition coefficient (Wildman–Crippen LogP) is 5.41. The Morgan fingerprint density at radius 2 is 1.81 bits per heavy atom. The number of rotatable bonds is 5. The van der Waals surface area contributed by atoms with Crippen LogP contribution in [0.2, 0.25) is 0 Å². The van der Waals surface area contributed by atoms with Gasteiger partial charge in [-0.3, -0.25) is 10.1 Å². The maximum absolute atomic E-state index is 10.9. The van der Waals surface area contributed by atoms with E-state index in [1.807, 2.05) is 55.5 Å². The first-order valence-electron chi connectivity index (χ1n) is 9.95. The van der Waals surface area contributed by atoms with Crippen LogP contribution in [0, 0.1) is 10.1 Å². The Kier molecular flexibility index (Phi) is 5.16. The molecule has 0 aliphatic carbocycles. The Labute approximate surface area is 187 Å². The van der Waals surface area contributed by atoms with Gasteiger partial charge in [-0.15, -0.1) is 10.2 Å². The van der Waals surface area contributed by atoms with Crippen LogP contribution in [0.3, 0.4) is 0 Å². The fraction of sp³-hybridized carbons (Fsp3) is 0.0870. The van der Waals surface area contributed by atoms with E-state index in [-0.39, 0.29) is 5.69 Å². The lowest BCUT2D eigenvalue weighted by atomic mass is 10.1. The number of nitrogens with zero attached hydrogens (tertiary/aromatic N) is 5. The minimum atomic E-state index is -0.421. The van der Waals surface area contributed by atoms with E-state index >= 15 is 0 Å². The molecule has 0 fully saturated rings. The summed E-state index contributed by atoms with van der Waals surface area (Å²) in [7, 11) is 0. The van der Waals surface area contributed by atoms with E-state index in [0.717, 1.165) is 34.0 Å². The number of hydrogen-bond acceptors (Lipinski definition) is 7. The highest BCUT2D eigenvalue weighted by Crippen LogP contribution is 2.35. The summed E-state index contributed by atoms with van der Waals surface area (Å²) in [6.45, 7) is 2.02. The van der Waals surface area contributed by atoms with Crippen LogP contribution in [0.25, 0.3) is 17.4 Å². The molecule has 9 heteroatoms. The van der Waals surface area contributed by atoms with E-state index in [9.17, 15) is 10.1 Å². The van der Waals surface area contributed by atoms with Gasteiger partial charge in [0.25, 0.3) is 5.69 Å². The number of benzene rings is 2. The minimum Gasteiger partial charge on any atom is -0.457 e. The van der Waals surface area contributed by atoms with E-state index in [0.29, 0.717) is 16.7 Å². The van der Waals surface area contributed by atoms with Crippen molar-refractivity contribution in [2.24, 2.45) is 5.10 Å². The number of hydrogen-bond donors (Lipinski definition) is 0. The Morgan fingerprint density at radius 1 is 1.03 bits per heavy atom. The first kappa shape index (κ1) is 20.0. The largest absolute Gasteiger partial charge is 0.457 e. The van der Waals surface area contributed by atoms with Crippen LogP contribution >= 0.6 is 11.8 Å². The zero-order valence-corrected chi connectivity index (χ0v) is 17.8. The van der Waals surface area contributed by atoms with E-state index in [2.05, 4.69) is 10.2 Å². The van der Waals surface area contributed by atoms with Gasteiger partial charge in [-0.2, -0.15) is 9.78 Å². The number of furan rings is 1. The lowest BCUT2D eigenvalue weighted by Gasteiger charge is -2.16. The number of nitro groups is 1. The molecule has 0 atom stereocenters. The molecule has 0 unspecified atom stereocenters. The Bertz CT molecular complexity index is 1350. The van der Waals surface area contributed by atoms with Gasteiger partial charge >= 0.3 is 0 Å². The van der Waals surface area contributed by atoms with E-state index < -0.39 is 4.92 Å². The molecule has 2 aromatic carbocycles. The third kappa shape index (κ3) is 3.74. The zero-order valence-electron chi connectivity index (χ0n) is 17.0. The van der Waals surface area contributed by atoms with Crippen molar-refractivity contribution in [2.75, 3.05) is 0 Å². The molecule has 4 aromatic rings. The Balaban J connectivity index is 1.52. The highest BCUT2D eigenvalue weighted by atomic mass is 32.2. The second-order valence-corrected chi connectivity index (χ2v) is 8.00. The molecule has 0 saturated heterocycles. The first-order valence-corrected chi connectivity index (χ1v) is 10.8. The number of nitro benzene ring substituents is 1. The monoisotopic (exact) mass is 443 g/mol. The average molecular weight is 443 g/mol. The van der Waals surface area contributed by atoms with Crippen molar-refractivity contribution < 1.29 is 9.34 Å². The van der Waals surface area contributed by atoms with Crippen LogP contribution in [0.4, 0.5) is 5.69 Å². The number of fused-ring (bicyclic) bond motifs is 1. The van der Waals surface area contributed by atoms with E-state index in [4.69, 9.17) is 9.52 Å². The molecule has 1 aliphatic rings. The third-order valence-corrected chi connectivity index (χ3v) is 5.91. The second-order valence-electron chi connectivity index (χ2n) is 7.00. The molecule has 1 aliphatic heterocycles. The molecule has 158 valence electrons. The minimum absolute atomic E-state index is 0.0422. The van der Waals surface area contributed by atoms with E-state index in [1.54, 1.807) is 16.8 Å². The average Bonchev–Trinajstić information content (AvgIpc) is 3.46. The molecule has 3 heterocycles. The van der Waals surface area contributed by atoms with Gasteiger partial charge in [-0.25, -0.2) is 0 Å². The van der Waals surface area contributed by atoms with Crippen LogP contribution in [0.15, 0.2) is 86.3 Å². The summed E-state index contributed by atoms with van der Waals surface area (Å²) < 4.78 is 7.80. The molecular formula is C23H17N5O3S. The standard InChI is InChI=1S/C23H17N5O3S/c1-2-21-24-25-23-27(21)26-22(16-6-4-3-5-7-16)20(32-23)14-18-12-13-19(31-18)15-8-10-17(11-9-15)28(29)30/h3-14H,2H2,1H3/b20-14-. The summed E-state index contributed by atoms with van der Waals surface area (Å²) in [5, 5.41) is 24.9. The highest BCUT2D eigenvalue weighted by molar-refractivity contribution is 8.04. The maximum atomic E-state index is 10.9. The summed E-state index contributed by atoms with van der Waals surface area (Å²) in [5.41, 5.74) is 2.60. The predicted molar refractivity (Wildman–Crippen MR) is 122 cm³/mol. The van der Waals surface area contributed by atoms with Crippen LogP contribution in [-0.4, -0.2) is 25.5 Å². The normalized spacial score (nSPS) is 14.3. The van der Waals surface area contributed by atoms with Gasteiger partial charge in [0.05, 0.1) is 4.92 Å². The van der Waals surface area contributed by atoms with Gasteiger partial charge in [0, 0.05) is 34.6 Å². The Morgan fingerprint density at radius 3 is 2.53 bits per heavy atom. The van der Waals surface area contributed by atoms with Crippen LogP contribution in [0.1, 0.15) is 24.1 Å². The lowest BCUT2D eigenvalue weighted by molar-refractivity contribution is -0.384. The maximum Gasteiger partial charge on any atom is 0.269 e. The number of allylic oxidation sites excluding steroid dienone is 1. The molecule has 0 spiro atoms.